The van der Waals surface area contributed by atoms with Crippen molar-refractivity contribution >= 4 is 16.9 Å². The Morgan fingerprint density at radius 2 is 1.73 bits per heavy atom. The molecule has 6 nitrogen and oxygen atoms in total. The Hall–Kier alpha value is -3.41. The second kappa shape index (κ2) is 7.23. The number of ether oxygens (including phenoxy) is 1. The van der Waals surface area contributed by atoms with Crippen molar-refractivity contribution < 1.29 is 4.74 Å². The number of anilines is 1. The summed E-state index contributed by atoms with van der Waals surface area (Å²) in [4.78, 5) is 8.75. The number of hydrogen-bond acceptors (Lipinski definition) is 5. The molecule has 130 valence electrons. The predicted octanol–water partition coefficient (Wildman–Crippen LogP) is 3.69. The van der Waals surface area contributed by atoms with Crippen molar-refractivity contribution in [1.82, 2.24) is 19.7 Å². The molecule has 0 aliphatic carbocycles. The van der Waals surface area contributed by atoms with Gasteiger partial charge in [0.2, 0.25) is 0 Å². The number of benzene rings is 2. The zero-order chi connectivity index (χ0) is 17.8. The minimum atomic E-state index is -0.00779. The van der Waals surface area contributed by atoms with Crippen LogP contribution < -0.4 is 10.1 Å². The fraction of sp³-hybridized carbons (Fsp3) is 0.150. The van der Waals surface area contributed by atoms with Gasteiger partial charge in [0.1, 0.15) is 24.0 Å². The van der Waals surface area contributed by atoms with Crippen LogP contribution in [0.3, 0.4) is 0 Å². The maximum atomic E-state index is 5.90. The average molecular weight is 345 g/mol. The van der Waals surface area contributed by atoms with E-state index in [1.165, 1.54) is 0 Å². The summed E-state index contributed by atoms with van der Waals surface area (Å²) in [7, 11) is 0. The molecule has 0 fully saturated rings. The molecule has 0 bridgehead atoms. The Bertz CT molecular complexity index is 985. The van der Waals surface area contributed by atoms with Gasteiger partial charge in [0.25, 0.3) is 0 Å². The number of nitrogens with zero attached hydrogens (tertiary/aromatic N) is 4. The Morgan fingerprint density at radius 1 is 1.00 bits per heavy atom. The van der Waals surface area contributed by atoms with Crippen LogP contribution in [0.4, 0.5) is 5.82 Å². The second-order valence-electron chi connectivity index (χ2n) is 5.97. The number of aromatic nitrogens is 4. The van der Waals surface area contributed by atoms with E-state index in [1.807, 2.05) is 72.3 Å². The highest BCUT2D eigenvalue weighted by Crippen LogP contribution is 2.21. The standard InChI is InChI=1S/C20H19N5O/c1-15(26-17-10-6-3-7-11-17)12-21-19-18-13-24-25(20(18)23-14-22-19)16-8-4-2-5-9-16/h2-11,13-15H,12H2,1H3,(H,21,22,23). The fourth-order valence-electron chi connectivity index (χ4n) is 2.76. The van der Waals surface area contributed by atoms with Gasteiger partial charge in [0.15, 0.2) is 5.65 Å². The largest absolute Gasteiger partial charge is 0.489 e. The van der Waals surface area contributed by atoms with E-state index in [2.05, 4.69) is 20.4 Å². The third-order valence-corrected chi connectivity index (χ3v) is 4.00. The van der Waals surface area contributed by atoms with Crippen molar-refractivity contribution in [2.75, 3.05) is 11.9 Å². The highest BCUT2D eigenvalue weighted by Gasteiger charge is 2.12. The minimum absolute atomic E-state index is 0.00779. The average Bonchev–Trinajstić information content (AvgIpc) is 3.12. The van der Waals surface area contributed by atoms with E-state index < -0.39 is 0 Å². The smallest absolute Gasteiger partial charge is 0.168 e. The first-order valence-electron chi connectivity index (χ1n) is 8.51. The molecule has 2 heterocycles. The SMILES string of the molecule is CC(CNc1ncnc2c1cnn2-c1ccccc1)Oc1ccccc1. The summed E-state index contributed by atoms with van der Waals surface area (Å²) in [5.74, 6) is 1.60. The van der Waals surface area contributed by atoms with E-state index in [4.69, 9.17) is 4.74 Å². The van der Waals surface area contributed by atoms with Crippen LogP contribution in [0.2, 0.25) is 0 Å². The molecule has 1 unspecified atom stereocenters. The summed E-state index contributed by atoms with van der Waals surface area (Å²) in [5.41, 5.74) is 1.73. The lowest BCUT2D eigenvalue weighted by molar-refractivity contribution is 0.234. The Morgan fingerprint density at radius 3 is 2.50 bits per heavy atom. The maximum Gasteiger partial charge on any atom is 0.168 e. The van der Waals surface area contributed by atoms with Gasteiger partial charge in [-0.2, -0.15) is 5.10 Å². The Kier molecular flexibility index (Phi) is 4.47. The lowest BCUT2D eigenvalue weighted by Gasteiger charge is -2.16. The zero-order valence-electron chi connectivity index (χ0n) is 14.4. The summed E-state index contributed by atoms with van der Waals surface area (Å²) >= 11 is 0. The number of fused-ring (bicyclic) bond motifs is 1. The highest BCUT2D eigenvalue weighted by atomic mass is 16.5. The molecule has 26 heavy (non-hydrogen) atoms. The van der Waals surface area contributed by atoms with Gasteiger partial charge in [-0.3, -0.25) is 0 Å². The number of para-hydroxylation sites is 2. The van der Waals surface area contributed by atoms with Crippen LogP contribution in [0, 0.1) is 0 Å². The molecular weight excluding hydrogens is 326 g/mol. The summed E-state index contributed by atoms with van der Waals surface area (Å²) < 4.78 is 7.71. The third-order valence-electron chi connectivity index (χ3n) is 4.00. The number of nitrogens with one attached hydrogen (secondary N) is 1. The molecular formula is C20H19N5O. The van der Waals surface area contributed by atoms with Crippen molar-refractivity contribution in [2.45, 2.75) is 13.0 Å². The molecule has 2 aromatic heterocycles. The molecule has 4 rings (SSSR count). The van der Waals surface area contributed by atoms with Crippen molar-refractivity contribution in [2.24, 2.45) is 0 Å². The molecule has 2 aromatic carbocycles. The van der Waals surface area contributed by atoms with Crippen molar-refractivity contribution in [3.63, 3.8) is 0 Å². The van der Waals surface area contributed by atoms with E-state index in [0.717, 1.165) is 28.3 Å². The van der Waals surface area contributed by atoms with E-state index in [-0.39, 0.29) is 6.10 Å². The Labute approximate surface area is 151 Å². The Balaban J connectivity index is 1.51. The van der Waals surface area contributed by atoms with Gasteiger partial charge in [-0.15, -0.1) is 0 Å². The third kappa shape index (κ3) is 3.35. The van der Waals surface area contributed by atoms with Crippen LogP contribution >= 0.6 is 0 Å². The molecule has 1 atom stereocenters. The van der Waals surface area contributed by atoms with Crippen LogP contribution in [-0.2, 0) is 0 Å². The molecule has 6 heteroatoms. The molecule has 0 radical (unpaired) electrons. The number of rotatable bonds is 6. The maximum absolute atomic E-state index is 5.90. The topological polar surface area (TPSA) is 64.9 Å². The number of hydrogen-bond donors (Lipinski definition) is 1. The summed E-state index contributed by atoms with van der Waals surface area (Å²) in [5, 5.41) is 8.69. The summed E-state index contributed by atoms with van der Waals surface area (Å²) in [6.45, 7) is 2.64. The summed E-state index contributed by atoms with van der Waals surface area (Å²) in [6, 6.07) is 19.7. The molecule has 0 saturated carbocycles. The highest BCUT2D eigenvalue weighted by molar-refractivity contribution is 5.87. The van der Waals surface area contributed by atoms with Gasteiger partial charge in [-0.1, -0.05) is 36.4 Å². The first kappa shape index (κ1) is 16.1. The molecule has 1 N–H and O–H groups in total. The normalized spacial score (nSPS) is 12.0. The zero-order valence-corrected chi connectivity index (χ0v) is 14.4. The molecule has 0 amide bonds. The molecule has 0 aliphatic rings. The van der Waals surface area contributed by atoms with E-state index >= 15 is 0 Å². The minimum Gasteiger partial charge on any atom is -0.489 e. The van der Waals surface area contributed by atoms with Gasteiger partial charge in [-0.25, -0.2) is 14.6 Å². The quantitative estimate of drug-likeness (QED) is 0.577. The van der Waals surface area contributed by atoms with Crippen LogP contribution in [-0.4, -0.2) is 32.4 Å². The van der Waals surface area contributed by atoms with E-state index in [9.17, 15) is 0 Å². The second-order valence-corrected chi connectivity index (χ2v) is 5.97. The first-order chi connectivity index (χ1) is 12.8. The molecule has 0 spiro atoms. The summed E-state index contributed by atoms with van der Waals surface area (Å²) in [6.07, 6.45) is 3.33. The monoisotopic (exact) mass is 345 g/mol. The predicted molar refractivity (Wildman–Crippen MR) is 102 cm³/mol. The van der Waals surface area contributed by atoms with Crippen LogP contribution in [0.5, 0.6) is 5.75 Å². The van der Waals surface area contributed by atoms with Gasteiger partial charge in [0, 0.05) is 0 Å². The van der Waals surface area contributed by atoms with E-state index in [0.29, 0.717) is 6.54 Å². The van der Waals surface area contributed by atoms with Gasteiger partial charge in [0.05, 0.1) is 23.8 Å². The van der Waals surface area contributed by atoms with Crippen molar-refractivity contribution in [1.29, 1.82) is 0 Å². The van der Waals surface area contributed by atoms with Gasteiger partial charge in [-0.05, 0) is 31.2 Å². The van der Waals surface area contributed by atoms with Crippen LogP contribution in [0.1, 0.15) is 6.92 Å². The van der Waals surface area contributed by atoms with E-state index in [1.54, 1.807) is 12.5 Å². The molecule has 0 saturated heterocycles. The molecule has 4 aromatic rings. The van der Waals surface area contributed by atoms with Crippen molar-refractivity contribution in [3.8, 4) is 11.4 Å². The lowest BCUT2D eigenvalue weighted by Crippen LogP contribution is -2.23. The van der Waals surface area contributed by atoms with Gasteiger partial charge >= 0.3 is 0 Å². The first-order valence-corrected chi connectivity index (χ1v) is 8.51. The van der Waals surface area contributed by atoms with Crippen LogP contribution in [0.15, 0.2) is 73.2 Å². The van der Waals surface area contributed by atoms with Crippen LogP contribution in [0.25, 0.3) is 16.7 Å². The van der Waals surface area contributed by atoms with Crippen molar-refractivity contribution in [3.05, 3.63) is 73.2 Å². The molecule has 0 aliphatic heterocycles. The van der Waals surface area contributed by atoms with Gasteiger partial charge < -0.3 is 10.1 Å². The lowest BCUT2D eigenvalue weighted by atomic mass is 10.3. The fourth-order valence-corrected chi connectivity index (χ4v) is 2.76.